The van der Waals surface area contributed by atoms with E-state index >= 15 is 0 Å². The second kappa shape index (κ2) is 6.48. The summed E-state index contributed by atoms with van der Waals surface area (Å²) in [5.74, 6) is 0.363. The highest BCUT2D eigenvalue weighted by Gasteiger charge is 2.33. The van der Waals surface area contributed by atoms with Crippen molar-refractivity contribution in [3.8, 4) is 0 Å². The van der Waals surface area contributed by atoms with Gasteiger partial charge in [0.25, 0.3) is 5.91 Å². The lowest BCUT2D eigenvalue weighted by Gasteiger charge is -2.36. The van der Waals surface area contributed by atoms with Crippen LogP contribution in [0.3, 0.4) is 0 Å². The zero-order valence-electron chi connectivity index (χ0n) is 12.8. The van der Waals surface area contributed by atoms with Gasteiger partial charge in [0.05, 0.1) is 0 Å². The molecule has 0 spiro atoms. The van der Waals surface area contributed by atoms with Gasteiger partial charge in [0, 0.05) is 43.7 Å². The molecule has 1 saturated carbocycles. The van der Waals surface area contributed by atoms with E-state index < -0.39 is 0 Å². The van der Waals surface area contributed by atoms with Crippen LogP contribution in [0.25, 0.3) is 0 Å². The normalized spacial score (nSPS) is 25.3. The minimum atomic E-state index is 0.0515. The number of hydrogen-bond acceptors (Lipinski definition) is 3. The molecule has 1 aliphatic carbocycles. The molecule has 22 heavy (non-hydrogen) atoms. The fourth-order valence-electron chi connectivity index (χ4n) is 3.39. The molecule has 2 unspecified atom stereocenters. The molecule has 2 aliphatic rings. The van der Waals surface area contributed by atoms with Gasteiger partial charge >= 0.3 is 0 Å². The Kier molecular flexibility index (Phi) is 4.43. The fraction of sp³-hybridized carbons (Fsp3) is 0.529. The first kappa shape index (κ1) is 15.0. The average molecular weight is 301 g/mol. The summed E-state index contributed by atoms with van der Waals surface area (Å²) in [6.07, 6.45) is 2.66. The number of piperazine rings is 1. The summed E-state index contributed by atoms with van der Waals surface area (Å²) < 4.78 is 0. The van der Waals surface area contributed by atoms with Crippen molar-refractivity contribution in [2.45, 2.75) is 25.3 Å². The van der Waals surface area contributed by atoms with Crippen LogP contribution >= 0.6 is 0 Å². The van der Waals surface area contributed by atoms with Crippen molar-refractivity contribution in [2.75, 3.05) is 26.2 Å². The quantitative estimate of drug-likeness (QED) is 0.889. The summed E-state index contributed by atoms with van der Waals surface area (Å²) in [6, 6.07) is 9.49. The smallest absolute Gasteiger partial charge is 0.253 e. The maximum absolute atomic E-state index is 12.5. The third-order valence-electron chi connectivity index (χ3n) is 4.72. The van der Waals surface area contributed by atoms with Crippen LogP contribution < -0.4 is 5.73 Å². The molecule has 1 saturated heterocycles. The molecule has 2 amide bonds. The van der Waals surface area contributed by atoms with E-state index in [-0.39, 0.29) is 23.8 Å². The Morgan fingerprint density at radius 2 is 1.59 bits per heavy atom. The lowest BCUT2D eigenvalue weighted by atomic mass is 10.1. The van der Waals surface area contributed by atoms with Crippen molar-refractivity contribution in [2.24, 2.45) is 11.7 Å². The van der Waals surface area contributed by atoms with Gasteiger partial charge in [-0.3, -0.25) is 9.59 Å². The van der Waals surface area contributed by atoms with E-state index in [1.165, 1.54) is 0 Å². The van der Waals surface area contributed by atoms with Gasteiger partial charge in [0.2, 0.25) is 5.91 Å². The maximum atomic E-state index is 12.5. The molecule has 1 aromatic rings. The van der Waals surface area contributed by atoms with E-state index in [2.05, 4.69) is 0 Å². The molecule has 118 valence electrons. The highest BCUT2D eigenvalue weighted by Crippen LogP contribution is 2.26. The highest BCUT2D eigenvalue weighted by molar-refractivity contribution is 5.94. The Morgan fingerprint density at radius 1 is 0.955 bits per heavy atom. The maximum Gasteiger partial charge on any atom is 0.253 e. The molecule has 1 heterocycles. The predicted octanol–water partition coefficient (Wildman–Crippen LogP) is 1.10. The van der Waals surface area contributed by atoms with Crippen molar-refractivity contribution in [1.82, 2.24) is 9.80 Å². The number of nitrogens with two attached hydrogens (primary N) is 1. The largest absolute Gasteiger partial charge is 0.339 e. The Morgan fingerprint density at radius 3 is 2.18 bits per heavy atom. The molecular formula is C17H23N3O2. The number of carbonyl (C=O) groups is 2. The standard InChI is InChI=1S/C17H23N3O2/c18-15-7-6-14(12-15)17(22)20-10-8-19(9-11-20)16(21)13-4-2-1-3-5-13/h1-5,14-15H,6-12,18H2. The van der Waals surface area contributed by atoms with Gasteiger partial charge in [-0.05, 0) is 31.4 Å². The summed E-state index contributed by atoms with van der Waals surface area (Å²) in [4.78, 5) is 28.6. The second-order valence-electron chi connectivity index (χ2n) is 6.25. The Balaban J connectivity index is 1.54. The molecule has 5 nitrogen and oxygen atoms in total. The molecule has 0 radical (unpaired) electrons. The first-order valence-corrected chi connectivity index (χ1v) is 8.04. The van der Waals surface area contributed by atoms with Crippen molar-refractivity contribution in [3.05, 3.63) is 35.9 Å². The molecule has 5 heteroatoms. The molecule has 1 aliphatic heterocycles. The summed E-state index contributed by atoms with van der Waals surface area (Å²) in [5, 5.41) is 0. The Bertz CT molecular complexity index is 538. The van der Waals surface area contributed by atoms with Gasteiger partial charge in [-0.25, -0.2) is 0 Å². The molecule has 2 N–H and O–H groups in total. The van der Waals surface area contributed by atoms with E-state index in [0.717, 1.165) is 19.3 Å². The highest BCUT2D eigenvalue weighted by atomic mass is 16.2. The zero-order chi connectivity index (χ0) is 15.5. The Hall–Kier alpha value is -1.88. The third kappa shape index (κ3) is 3.14. The number of carbonyl (C=O) groups excluding carboxylic acids is 2. The number of amides is 2. The lowest BCUT2D eigenvalue weighted by molar-refractivity contribution is -0.136. The van der Waals surface area contributed by atoms with Gasteiger partial charge in [-0.2, -0.15) is 0 Å². The fourth-order valence-corrected chi connectivity index (χ4v) is 3.39. The third-order valence-corrected chi connectivity index (χ3v) is 4.72. The van der Waals surface area contributed by atoms with E-state index in [1.54, 1.807) is 0 Å². The van der Waals surface area contributed by atoms with Crippen LogP contribution in [0, 0.1) is 5.92 Å². The first-order chi connectivity index (χ1) is 10.6. The number of benzene rings is 1. The molecule has 3 rings (SSSR count). The summed E-state index contributed by atoms with van der Waals surface area (Å²) >= 11 is 0. The SMILES string of the molecule is NC1CCC(C(=O)N2CCN(C(=O)c3ccccc3)CC2)C1. The molecule has 0 bridgehead atoms. The van der Waals surface area contributed by atoms with Crippen LogP contribution in [-0.2, 0) is 4.79 Å². The van der Waals surface area contributed by atoms with Crippen LogP contribution in [0.15, 0.2) is 30.3 Å². The summed E-state index contributed by atoms with van der Waals surface area (Å²) in [7, 11) is 0. The minimum absolute atomic E-state index is 0.0515. The van der Waals surface area contributed by atoms with Crippen LogP contribution in [0.4, 0.5) is 0 Å². The number of hydrogen-bond donors (Lipinski definition) is 1. The summed E-state index contributed by atoms with van der Waals surface area (Å²) in [6.45, 7) is 2.47. The van der Waals surface area contributed by atoms with E-state index in [0.29, 0.717) is 31.7 Å². The van der Waals surface area contributed by atoms with Crippen LogP contribution in [0.5, 0.6) is 0 Å². The van der Waals surface area contributed by atoms with Crippen LogP contribution in [0.1, 0.15) is 29.6 Å². The van der Waals surface area contributed by atoms with Crippen molar-refractivity contribution >= 4 is 11.8 Å². The molecular weight excluding hydrogens is 278 g/mol. The monoisotopic (exact) mass is 301 g/mol. The molecule has 0 aromatic heterocycles. The van der Waals surface area contributed by atoms with Gasteiger partial charge in [-0.1, -0.05) is 18.2 Å². The predicted molar refractivity (Wildman–Crippen MR) is 84.2 cm³/mol. The van der Waals surface area contributed by atoms with Crippen molar-refractivity contribution in [1.29, 1.82) is 0 Å². The first-order valence-electron chi connectivity index (χ1n) is 8.04. The zero-order valence-corrected chi connectivity index (χ0v) is 12.8. The molecule has 1 aromatic carbocycles. The topological polar surface area (TPSA) is 66.6 Å². The van der Waals surface area contributed by atoms with E-state index in [1.807, 2.05) is 40.1 Å². The van der Waals surface area contributed by atoms with Gasteiger partial charge in [0.1, 0.15) is 0 Å². The summed E-state index contributed by atoms with van der Waals surface area (Å²) in [5.41, 5.74) is 6.61. The second-order valence-corrected chi connectivity index (χ2v) is 6.25. The van der Waals surface area contributed by atoms with Crippen LogP contribution in [0.2, 0.25) is 0 Å². The average Bonchev–Trinajstić information content (AvgIpc) is 3.01. The molecule has 2 atom stereocenters. The van der Waals surface area contributed by atoms with Crippen LogP contribution in [-0.4, -0.2) is 53.8 Å². The lowest BCUT2D eigenvalue weighted by Crippen LogP contribution is -2.51. The number of nitrogens with zero attached hydrogens (tertiary/aromatic N) is 2. The molecule has 2 fully saturated rings. The van der Waals surface area contributed by atoms with Gasteiger partial charge < -0.3 is 15.5 Å². The van der Waals surface area contributed by atoms with Crippen molar-refractivity contribution in [3.63, 3.8) is 0 Å². The van der Waals surface area contributed by atoms with Crippen molar-refractivity contribution < 1.29 is 9.59 Å². The van der Waals surface area contributed by atoms with E-state index in [4.69, 9.17) is 5.73 Å². The Labute approximate surface area is 131 Å². The van der Waals surface area contributed by atoms with Gasteiger partial charge in [0.15, 0.2) is 0 Å². The van der Waals surface area contributed by atoms with E-state index in [9.17, 15) is 9.59 Å². The minimum Gasteiger partial charge on any atom is -0.339 e. The number of rotatable bonds is 2. The van der Waals surface area contributed by atoms with Gasteiger partial charge in [-0.15, -0.1) is 0 Å².